The SMILES string of the molecule is CCNC(=O)C[C@@H]1C(=O)N(Cc2cccs2)C(=S)N1Cc1ccc(OC)cc1. The smallest absolute Gasteiger partial charge is 0.252 e. The number of amides is 2. The third kappa shape index (κ3) is 4.51. The molecule has 0 spiro atoms. The van der Waals surface area contributed by atoms with Gasteiger partial charge in [-0.05, 0) is 48.3 Å². The van der Waals surface area contributed by atoms with Gasteiger partial charge in [0, 0.05) is 18.0 Å². The molecule has 1 N–H and O–H groups in total. The Morgan fingerprint density at radius 2 is 2.00 bits per heavy atom. The summed E-state index contributed by atoms with van der Waals surface area (Å²) < 4.78 is 5.20. The van der Waals surface area contributed by atoms with Crippen LogP contribution in [0.5, 0.6) is 5.75 Å². The lowest BCUT2D eigenvalue weighted by atomic mass is 10.1. The van der Waals surface area contributed by atoms with Gasteiger partial charge in [0.25, 0.3) is 5.91 Å². The fraction of sp³-hybridized carbons (Fsp3) is 0.350. The van der Waals surface area contributed by atoms with Crippen molar-refractivity contribution in [3.05, 3.63) is 52.2 Å². The Morgan fingerprint density at radius 3 is 2.61 bits per heavy atom. The number of ether oxygens (including phenoxy) is 1. The number of rotatable bonds is 8. The Morgan fingerprint density at radius 1 is 1.25 bits per heavy atom. The number of thiocarbonyl (C=S) groups is 1. The highest BCUT2D eigenvalue weighted by molar-refractivity contribution is 7.80. The molecule has 1 fully saturated rings. The fourth-order valence-corrected chi connectivity index (χ4v) is 4.19. The van der Waals surface area contributed by atoms with Gasteiger partial charge in [0.15, 0.2) is 5.11 Å². The normalized spacial score (nSPS) is 16.6. The van der Waals surface area contributed by atoms with Crippen molar-refractivity contribution in [3.63, 3.8) is 0 Å². The molecule has 8 heteroatoms. The highest BCUT2D eigenvalue weighted by atomic mass is 32.1. The van der Waals surface area contributed by atoms with Crippen molar-refractivity contribution in [2.24, 2.45) is 0 Å². The molecule has 1 aliphatic heterocycles. The molecule has 28 heavy (non-hydrogen) atoms. The maximum atomic E-state index is 13.1. The molecule has 0 saturated carbocycles. The van der Waals surface area contributed by atoms with Gasteiger partial charge >= 0.3 is 0 Å². The lowest BCUT2D eigenvalue weighted by Gasteiger charge is -2.24. The highest BCUT2D eigenvalue weighted by Crippen LogP contribution is 2.26. The van der Waals surface area contributed by atoms with E-state index >= 15 is 0 Å². The lowest BCUT2D eigenvalue weighted by Crippen LogP contribution is -2.39. The molecule has 148 valence electrons. The van der Waals surface area contributed by atoms with Crippen LogP contribution < -0.4 is 10.1 Å². The average molecular weight is 418 g/mol. The van der Waals surface area contributed by atoms with Gasteiger partial charge in [-0.3, -0.25) is 14.5 Å². The Hall–Kier alpha value is -2.45. The van der Waals surface area contributed by atoms with Crippen molar-refractivity contribution in [1.82, 2.24) is 15.1 Å². The molecule has 3 rings (SSSR count). The monoisotopic (exact) mass is 417 g/mol. The summed E-state index contributed by atoms with van der Waals surface area (Å²) in [6.07, 6.45) is 0.0872. The molecule has 2 aromatic rings. The predicted molar refractivity (Wildman–Crippen MR) is 113 cm³/mol. The summed E-state index contributed by atoms with van der Waals surface area (Å²) in [5.41, 5.74) is 0.995. The van der Waals surface area contributed by atoms with Gasteiger partial charge in [-0.2, -0.15) is 0 Å². The van der Waals surface area contributed by atoms with E-state index in [2.05, 4.69) is 5.32 Å². The molecule has 2 heterocycles. The van der Waals surface area contributed by atoms with Crippen LogP contribution in [-0.2, 0) is 22.7 Å². The van der Waals surface area contributed by atoms with Crippen LogP contribution in [0.3, 0.4) is 0 Å². The van der Waals surface area contributed by atoms with Crippen molar-refractivity contribution >= 4 is 40.5 Å². The van der Waals surface area contributed by atoms with Crippen molar-refractivity contribution in [3.8, 4) is 5.75 Å². The Bertz CT molecular complexity index is 837. The number of methoxy groups -OCH3 is 1. The zero-order valence-electron chi connectivity index (χ0n) is 15.9. The molecular weight excluding hydrogens is 394 g/mol. The van der Waals surface area contributed by atoms with Crippen molar-refractivity contribution in [2.45, 2.75) is 32.5 Å². The summed E-state index contributed by atoms with van der Waals surface area (Å²) in [7, 11) is 1.62. The Labute approximate surface area is 174 Å². The fourth-order valence-electron chi connectivity index (χ4n) is 3.15. The highest BCUT2D eigenvalue weighted by Gasteiger charge is 2.43. The van der Waals surface area contributed by atoms with Crippen LogP contribution in [0.4, 0.5) is 0 Å². The predicted octanol–water partition coefficient (Wildman–Crippen LogP) is 2.78. The minimum atomic E-state index is -0.596. The van der Waals surface area contributed by atoms with Crippen LogP contribution in [0, 0.1) is 0 Å². The third-order valence-electron chi connectivity index (χ3n) is 4.56. The van der Waals surface area contributed by atoms with Gasteiger partial charge in [-0.15, -0.1) is 11.3 Å². The van der Waals surface area contributed by atoms with Crippen LogP contribution in [0.15, 0.2) is 41.8 Å². The van der Waals surface area contributed by atoms with Crippen molar-refractivity contribution in [2.75, 3.05) is 13.7 Å². The molecule has 1 saturated heterocycles. The summed E-state index contributed by atoms with van der Waals surface area (Å²) in [6, 6.07) is 11.0. The maximum Gasteiger partial charge on any atom is 0.252 e. The first kappa shape index (κ1) is 20.3. The van der Waals surface area contributed by atoms with Crippen LogP contribution in [0.25, 0.3) is 0 Å². The number of thiophene rings is 1. The number of benzene rings is 1. The van der Waals surface area contributed by atoms with E-state index in [1.807, 2.05) is 53.6 Å². The Balaban J connectivity index is 1.82. The molecular formula is C20H23N3O3S2. The summed E-state index contributed by atoms with van der Waals surface area (Å²) in [5.74, 6) is 0.488. The van der Waals surface area contributed by atoms with Gasteiger partial charge in [0.05, 0.1) is 20.1 Å². The van der Waals surface area contributed by atoms with E-state index in [9.17, 15) is 9.59 Å². The largest absolute Gasteiger partial charge is 0.497 e. The summed E-state index contributed by atoms with van der Waals surface area (Å²) in [6.45, 7) is 3.28. The molecule has 1 aromatic carbocycles. The molecule has 0 aliphatic carbocycles. The summed E-state index contributed by atoms with van der Waals surface area (Å²) >= 11 is 7.21. The molecule has 6 nitrogen and oxygen atoms in total. The minimum Gasteiger partial charge on any atom is -0.497 e. The van der Waals surface area contributed by atoms with E-state index in [0.717, 1.165) is 16.2 Å². The van der Waals surface area contributed by atoms with Crippen LogP contribution in [0.2, 0.25) is 0 Å². The quantitative estimate of drug-likeness (QED) is 0.670. The number of nitrogens with one attached hydrogen (secondary N) is 1. The first-order chi connectivity index (χ1) is 13.5. The lowest BCUT2D eigenvalue weighted by molar-refractivity contribution is -0.132. The van der Waals surface area contributed by atoms with E-state index in [4.69, 9.17) is 17.0 Å². The second-order valence-corrected chi connectivity index (χ2v) is 7.83. The van der Waals surface area contributed by atoms with E-state index in [0.29, 0.717) is 24.7 Å². The maximum absolute atomic E-state index is 13.1. The van der Waals surface area contributed by atoms with Crippen LogP contribution >= 0.6 is 23.6 Å². The number of hydrogen-bond donors (Lipinski definition) is 1. The Kier molecular flexibility index (Phi) is 6.64. The second-order valence-electron chi connectivity index (χ2n) is 6.44. The van der Waals surface area contributed by atoms with E-state index in [-0.39, 0.29) is 18.2 Å². The third-order valence-corrected chi connectivity index (χ3v) is 5.88. The molecule has 0 bridgehead atoms. The van der Waals surface area contributed by atoms with Crippen molar-refractivity contribution < 1.29 is 14.3 Å². The van der Waals surface area contributed by atoms with Gasteiger partial charge in [0.2, 0.25) is 5.91 Å². The van der Waals surface area contributed by atoms with E-state index < -0.39 is 6.04 Å². The summed E-state index contributed by atoms with van der Waals surface area (Å²) in [4.78, 5) is 29.8. The standard InChI is InChI=1S/C20H23N3O3S2/c1-3-21-18(24)11-17-19(25)23(13-16-5-4-10-28-16)20(27)22(17)12-14-6-8-15(26-2)9-7-14/h4-10,17H,3,11-13H2,1-2H3,(H,21,24)/t17-/m1/s1. The zero-order valence-corrected chi connectivity index (χ0v) is 17.5. The topological polar surface area (TPSA) is 61.9 Å². The molecule has 2 amide bonds. The van der Waals surface area contributed by atoms with Crippen LogP contribution in [-0.4, -0.2) is 46.4 Å². The van der Waals surface area contributed by atoms with Crippen molar-refractivity contribution in [1.29, 1.82) is 0 Å². The van der Waals surface area contributed by atoms with Gasteiger partial charge in [-0.1, -0.05) is 18.2 Å². The first-order valence-corrected chi connectivity index (χ1v) is 10.4. The van der Waals surface area contributed by atoms with Crippen LogP contribution in [0.1, 0.15) is 23.8 Å². The van der Waals surface area contributed by atoms with E-state index in [1.165, 1.54) is 0 Å². The van der Waals surface area contributed by atoms with E-state index in [1.54, 1.807) is 23.3 Å². The molecule has 1 atom stereocenters. The van der Waals surface area contributed by atoms with Gasteiger partial charge in [-0.25, -0.2) is 0 Å². The van der Waals surface area contributed by atoms with Gasteiger partial charge in [0.1, 0.15) is 11.8 Å². The number of carbonyl (C=O) groups is 2. The second kappa shape index (κ2) is 9.16. The number of hydrogen-bond acceptors (Lipinski definition) is 5. The molecule has 1 aliphatic rings. The summed E-state index contributed by atoms with van der Waals surface area (Å²) in [5, 5.41) is 5.21. The van der Waals surface area contributed by atoms with Gasteiger partial charge < -0.3 is 15.0 Å². The zero-order chi connectivity index (χ0) is 20.1. The molecule has 1 aromatic heterocycles. The number of nitrogens with zero attached hydrogens (tertiary/aromatic N) is 2. The molecule has 0 unspecified atom stereocenters. The molecule has 0 radical (unpaired) electrons. The first-order valence-electron chi connectivity index (χ1n) is 9.07. The minimum absolute atomic E-state index is 0.0872. The number of carbonyl (C=O) groups excluding carboxylic acids is 2. The average Bonchev–Trinajstić information content (AvgIpc) is 3.28.